The second-order valence-electron chi connectivity index (χ2n) is 6.72. The Labute approximate surface area is 131 Å². The summed E-state index contributed by atoms with van der Waals surface area (Å²) in [6, 6.07) is 1.94. The number of carbonyl (C=O) groups is 1. The first-order valence-corrected chi connectivity index (χ1v) is 8.15. The molecule has 1 aromatic rings. The molecule has 2 aliphatic rings. The second kappa shape index (κ2) is 6.38. The van der Waals surface area contributed by atoms with Gasteiger partial charge < -0.3 is 15.4 Å². The molecule has 2 fully saturated rings. The summed E-state index contributed by atoms with van der Waals surface area (Å²) in [4.78, 5) is 12.4. The lowest BCUT2D eigenvalue weighted by Crippen LogP contribution is -2.47. The molecule has 0 aromatic carbocycles. The zero-order chi connectivity index (χ0) is 15.6. The van der Waals surface area contributed by atoms with Crippen molar-refractivity contribution < 1.29 is 9.53 Å². The van der Waals surface area contributed by atoms with Gasteiger partial charge in [0.1, 0.15) is 5.69 Å². The Morgan fingerprint density at radius 2 is 2.23 bits per heavy atom. The molecule has 1 amide bonds. The fourth-order valence-electron chi connectivity index (χ4n) is 3.35. The standard InChI is InChI=1S/C16H26N4O2/c1-20-14(12-3-4-12)9-13(19-20)15(21)18-10-16(11-22-2)5-7-17-8-6-16/h9,12,17H,3-8,10-11H2,1-2H3,(H,18,21). The van der Waals surface area contributed by atoms with E-state index in [2.05, 4.69) is 15.7 Å². The molecule has 22 heavy (non-hydrogen) atoms. The van der Waals surface area contributed by atoms with Gasteiger partial charge >= 0.3 is 0 Å². The average Bonchev–Trinajstić information content (AvgIpc) is 3.29. The Morgan fingerprint density at radius 3 is 2.86 bits per heavy atom. The molecule has 2 heterocycles. The molecule has 1 aromatic heterocycles. The molecule has 6 heteroatoms. The summed E-state index contributed by atoms with van der Waals surface area (Å²) in [7, 11) is 3.65. The van der Waals surface area contributed by atoms with Gasteiger partial charge in [0.2, 0.25) is 0 Å². The van der Waals surface area contributed by atoms with Crippen LogP contribution in [-0.2, 0) is 11.8 Å². The molecule has 2 N–H and O–H groups in total. The molecule has 1 aliphatic heterocycles. The van der Waals surface area contributed by atoms with Crippen LogP contribution < -0.4 is 10.6 Å². The van der Waals surface area contributed by atoms with Crippen LogP contribution in [-0.4, -0.2) is 49.0 Å². The SMILES string of the molecule is COCC1(CNC(=O)c2cc(C3CC3)n(C)n2)CCNCC1. The van der Waals surface area contributed by atoms with E-state index in [0.717, 1.165) is 25.9 Å². The molecule has 122 valence electrons. The molecule has 0 spiro atoms. The summed E-state index contributed by atoms with van der Waals surface area (Å²) in [5.74, 6) is 0.528. The highest BCUT2D eigenvalue weighted by Gasteiger charge is 2.33. The van der Waals surface area contributed by atoms with E-state index < -0.39 is 0 Å². The summed E-state index contributed by atoms with van der Waals surface area (Å²) in [6.07, 6.45) is 4.47. The van der Waals surface area contributed by atoms with Crippen molar-refractivity contribution in [2.75, 3.05) is 33.4 Å². The highest BCUT2D eigenvalue weighted by Crippen LogP contribution is 2.39. The van der Waals surface area contributed by atoms with Crippen LogP contribution in [0.1, 0.15) is 47.8 Å². The largest absolute Gasteiger partial charge is 0.384 e. The highest BCUT2D eigenvalue weighted by molar-refractivity contribution is 5.92. The summed E-state index contributed by atoms with van der Waals surface area (Å²) in [5, 5.41) is 10.8. The Bertz CT molecular complexity index is 525. The number of nitrogens with zero attached hydrogens (tertiary/aromatic N) is 2. The lowest BCUT2D eigenvalue weighted by molar-refractivity contribution is 0.0510. The number of rotatable bonds is 6. The third-order valence-corrected chi connectivity index (χ3v) is 4.88. The van der Waals surface area contributed by atoms with E-state index >= 15 is 0 Å². The lowest BCUT2D eigenvalue weighted by Gasteiger charge is -2.37. The fourth-order valence-corrected chi connectivity index (χ4v) is 3.35. The Hall–Kier alpha value is -1.40. The minimum Gasteiger partial charge on any atom is -0.384 e. The molecule has 3 rings (SSSR count). The number of piperidine rings is 1. The Morgan fingerprint density at radius 1 is 1.50 bits per heavy atom. The third-order valence-electron chi connectivity index (χ3n) is 4.88. The van der Waals surface area contributed by atoms with Crippen molar-refractivity contribution in [1.29, 1.82) is 0 Å². The normalized spacial score (nSPS) is 20.8. The van der Waals surface area contributed by atoms with Crippen molar-refractivity contribution >= 4 is 5.91 Å². The number of hydrogen-bond donors (Lipinski definition) is 2. The van der Waals surface area contributed by atoms with Gasteiger partial charge in [-0.25, -0.2) is 0 Å². The van der Waals surface area contributed by atoms with Gasteiger partial charge in [-0.1, -0.05) is 0 Å². The van der Waals surface area contributed by atoms with E-state index in [1.165, 1.54) is 18.5 Å². The predicted molar refractivity (Wildman–Crippen MR) is 83.9 cm³/mol. The topological polar surface area (TPSA) is 68.2 Å². The highest BCUT2D eigenvalue weighted by atomic mass is 16.5. The first-order chi connectivity index (χ1) is 10.6. The molecule has 0 bridgehead atoms. The monoisotopic (exact) mass is 306 g/mol. The van der Waals surface area contributed by atoms with Gasteiger partial charge in [0.15, 0.2) is 0 Å². The van der Waals surface area contributed by atoms with Crippen molar-refractivity contribution in [3.63, 3.8) is 0 Å². The maximum atomic E-state index is 12.4. The summed E-state index contributed by atoms with van der Waals surface area (Å²) in [5.41, 5.74) is 1.76. The van der Waals surface area contributed by atoms with Crippen LogP contribution in [0.3, 0.4) is 0 Å². The van der Waals surface area contributed by atoms with E-state index in [4.69, 9.17) is 4.74 Å². The van der Waals surface area contributed by atoms with Crippen LogP contribution in [0, 0.1) is 5.41 Å². The van der Waals surface area contributed by atoms with Gasteiger partial charge in [0, 0.05) is 37.7 Å². The number of aromatic nitrogens is 2. The van der Waals surface area contributed by atoms with Crippen LogP contribution in [0.15, 0.2) is 6.07 Å². The van der Waals surface area contributed by atoms with Gasteiger partial charge in [0.05, 0.1) is 6.61 Å². The van der Waals surface area contributed by atoms with Crippen LogP contribution in [0.25, 0.3) is 0 Å². The molecule has 0 atom stereocenters. The van der Waals surface area contributed by atoms with Crippen molar-refractivity contribution in [2.45, 2.75) is 31.6 Å². The Balaban J connectivity index is 1.61. The number of nitrogens with one attached hydrogen (secondary N) is 2. The van der Waals surface area contributed by atoms with E-state index in [1.54, 1.807) is 7.11 Å². The van der Waals surface area contributed by atoms with Crippen molar-refractivity contribution in [1.82, 2.24) is 20.4 Å². The van der Waals surface area contributed by atoms with Gasteiger partial charge in [-0.3, -0.25) is 9.48 Å². The van der Waals surface area contributed by atoms with Crippen molar-refractivity contribution in [3.05, 3.63) is 17.5 Å². The van der Waals surface area contributed by atoms with E-state index in [0.29, 0.717) is 24.8 Å². The molecular weight excluding hydrogens is 280 g/mol. The van der Waals surface area contributed by atoms with Gasteiger partial charge in [-0.2, -0.15) is 5.10 Å². The molecule has 1 saturated carbocycles. The molecular formula is C16H26N4O2. The van der Waals surface area contributed by atoms with Crippen LogP contribution in [0.2, 0.25) is 0 Å². The molecule has 1 saturated heterocycles. The lowest BCUT2D eigenvalue weighted by atomic mass is 9.79. The maximum Gasteiger partial charge on any atom is 0.271 e. The van der Waals surface area contributed by atoms with Crippen LogP contribution in [0.5, 0.6) is 0 Å². The summed E-state index contributed by atoms with van der Waals surface area (Å²) >= 11 is 0. The zero-order valence-electron chi connectivity index (χ0n) is 13.5. The summed E-state index contributed by atoms with van der Waals surface area (Å²) < 4.78 is 7.24. The Kier molecular flexibility index (Phi) is 4.49. The number of ether oxygens (including phenoxy) is 1. The van der Waals surface area contributed by atoms with Gasteiger partial charge in [-0.05, 0) is 44.8 Å². The summed E-state index contributed by atoms with van der Waals surface area (Å²) in [6.45, 7) is 3.30. The van der Waals surface area contributed by atoms with Gasteiger partial charge in [0.25, 0.3) is 5.91 Å². The first-order valence-electron chi connectivity index (χ1n) is 8.15. The molecule has 6 nitrogen and oxygen atoms in total. The first kappa shape index (κ1) is 15.5. The van der Waals surface area contributed by atoms with Crippen molar-refractivity contribution in [2.24, 2.45) is 12.5 Å². The maximum absolute atomic E-state index is 12.4. The van der Waals surface area contributed by atoms with Crippen LogP contribution >= 0.6 is 0 Å². The predicted octanol–water partition coefficient (Wildman–Crippen LogP) is 1.04. The fraction of sp³-hybridized carbons (Fsp3) is 0.750. The average molecular weight is 306 g/mol. The number of carbonyl (C=O) groups excluding carboxylic acids is 1. The number of amides is 1. The molecule has 0 unspecified atom stereocenters. The van der Waals surface area contributed by atoms with Gasteiger partial charge in [-0.15, -0.1) is 0 Å². The van der Waals surface area contributed by atoms with Crippen molar-refractivity contribution in [3.8, 4) is 0 Å². The number of hydrogen-bond acceptors (Lipinski definition) is 4. The van der Waals surface area contributed by atoms with E-state index in [-0.39, 0.29) is 11.3 Å². The molecule has 0 radical (unpaired) electrons. The minimum atomic E-state index is -0.0727. The van der Waals surface area contributed by atoms with Crippen LogP contribution in [0.4, 0.5) is 0 Å². The molecule has 1 aliphatic carbocycles. The smallest absolute Gasteiger partial charge is 0.271 e. The quantitative estimate of drug-likeness (QED) is 0.824. The van der Waals surface area contributed by atoms with E-state index in [9.17, 15) is 4.79 Å². The third kappa shape index (κ3) is 3.33. The number of methoxy groups -OCH3 is 1. The minimum absolute atomic E-state index is 0.0454. The number of aryl methyl sites for hydroxylation is 1. The second-order valence-corrected chi connectivity index (χ2v) is 6.72. The van der Waals surface area contributed by atoms with E-state index in [1.807, 2.05) is 17.8 Å². The zero-order valence-corrected chi connectivity index (χ0v) is 13.5.